The maximum absolute atomic E-state index is 12.3. The van der Waals surface area contributed by atoms with Crippen LogP contribution in [0.1, 0.15) is 51.5 Å². The first kappa shape index (κ1) is 19.5. The van der Waals surface area contributed by atoms with Crippen molar-refractivity contribution in [2.75, 3.05) is 0 Å². The Morgan fingerprint density at radius 2 is 1.83 bits per heavy atom. The number of rotatable bonds is 4. The maximum atomic E-state index is 12.3. The van der Waals surface area contributed by atoms with Crippen molar-refractivity contribution in [3.63, 3.8) is 0 Å². The quantitative estimate of drug-likeness (QED) is 0.758. The lowest BCUT2D eigenvalue weighted by molar-refractivity contribution is -0.122. The number of hydrogen-bond acceptors (Lipinski definition) is 3. The van der Waals surface area contributed by atoms with Crippen molar-refractivity contribution in [2.24, 2.45) is 41.4 Å². The third-order valence-electron chi connectivity index (χ3n) is 8.16. The predicted octanol–water partition coefficient (Wildman–Crippen LogP) is 5.06. The number of benzene rings is 1. The topological polar surface area (TPSA) is 52.9 Å². The van der Waals surface area contributed by atoms with Gasteiger partial charge in [0.05, 0.1) is 6.07 Å². The van der Waals surface area contributed by atoms with E-state index in [9.17, 15) is 10.1 Å². The third kappa shape index (κ3) is 3.30. The molecule has 29 heavy (non-hydrogen) atoms. The van der Waals surface area contributed by atoms with Crippen LogP contribution in [0, 0.1) is 52.8 Å². The van der Waals surface area contributed by atoms with Gasteiger partial charge in [0.1, 0.15) is 5.92 Å². The van der Waals surface area contributed by atoms with Gasteiger partial charge in [0.25, 0.3) is 0 Å². The van der Waals surface area contributed by atoms with Gasteiger partial charge in [-0.05, 0) is 79.4 Å². The molecule has 1 aliphatic heterocycles. The summed E-state index contributed by atoms with van der Waals surface area (Å²) in [7, 11) is 0. The van der Waals surface area contributed by atoms with Crippen molar-refractivity contribution in [2.45, 2.75) is 68.6 Å². The molecule has 3 aliphatic carbocycles. The van der Waals surface area contributed by atoms with Gasteiger partial charge in [-0.15, -0.1) is 11.8 Å². The SMILES string of the molecule is CC(C)Cc1ccc(SC2CCC3C4NC(=O)C(C#N)C4C4CCCC2C34)cc1. The second kappa shape index (κ2) is 7.65. The fourth-order valence-electron chi connectivity index (χ4n) is 7.27. The van der Waals surface area contributed by atoms with E-state index in [4.69, 9.17) is 0 Å². The van der Waals surface area contributed by atoms with Crippen LogP contribution in [-0.2, 0) is 11.2 Å². The fraction of sp³-hybridized carbons (Fsp3) is 0.680. The second-order valence-corrected chi connectivity index (χ2v) is 11.5. The van der Waals surface area contributed by atoms with E-state index in [1.165, 1.54) is 42.6 Å². The Labute approximate surface area is 179 Å². The summed E-state index contributed by atoms with van der Waals surface area (Å²) in [4.78, 5) is 13.7. The number of nitriles is 1. The summed E-state index contributed by atoms with van der Waals surface area (Å²) in [6.45, 7) is 4.55. The smallest absolute Gasteiger partial charge is 0.237 e. The Hall–Kier alpha value is -1.47. The summed E-state index contributed by atoms with van der Waals surface area (Å²) in [5.41, 5.74) is 1.44. The van der Waals surface area contributed by atoms with Crippen molar-refractivity contribution in [1.29, 1.82) is 5.26 Å². The van der Waals surface area contributed by atoms with Gasteiger partial charge < -0.3 is 5.32 Å². The second-order valence-electron chi connectivity index (χ2n) is 10.2. The molecule has 0 spiro atoms. The van der Waals surface area contributed by atoms with Gasteiger partial charge >= 0.3 is 0 Å². The van der Waals surface area contributed by atoms with Crippen LogP contribution < -0.4 is 5.32 Å². The first-order valence-corrected chi connectivity index (χ1v) is 12.4. The molecule has 8 unspecified atom stereocenters. The highest BCUT2D eigenvalue weighted by molar-refractivity contribution is 8.00. The Balaban J connectivity index is 1.33. The van der Waals surface area contributed by atoms with Crippen LogP contribution in [0.15, 0.2) is 29.2 Å². The summed E-state index contributed by atoms with van der Waals surface area (Å²) in [6.07, 6.45) is 7.40. The Bertz CT molecular complexity index is 813. The first-order valence-electron chi connectivity index (χ1n) is 11.5. The van der Waals surface area contributed by atoms with Crippen molar-refractivity contribution >= 4 is 17.7 Å². The molecule has 1 amide bonds. The van der Waals surface area contributed by atoms with Crippen molar-refractivity contribution in [1.82, 2.24) is 5.32 Å². The zero-order valence-electron chi connectivity index (χ0n) is 17.5. The van der Waals surface area contributed by atoms with E-state index >= 15 is 0 Å². The monoisotopic (exact) mass is 408 g/mol. The average Bonchev–Trinajstić information content (AvgIpc) is 3.19. The van der Waals surface area contributed by atoms with Gasteiger partial charge in [-0.2, -0.15) is 5.26 Å². The molecule has 0 aromatic heterocycles. The molecule has 4 aliphatic rings. The molecular weight excluding hydrogens is 376 g/mol. The molecule has 0 bridgehead atoms. The lowest BCUT2D eigenvalue weighted by atomic mass is 9.63. The summed E-state index contributed by atoms with van der Waals surface area (Å²) in [5, 5.41) is 13.6. The number of nitrogens with one attached hydrogen (secondary N) is 1. The van der Waals surface area contributed by atoms with E-state index in [0.29, 0.717) is 28.9 Å². The van der Waals surface area contributed by atoms with Crippen molar-refractivity contribution in [3.05, 3.63) is 29.8 Å². The minimum absolute atomic E-state index is 0.000981. The van der Waals surface area contributed by atoms with Gasteiger partial charge in [0.2, 0.25) is 5.91 Å². The van der Waals surface area contributed by atoms with Crippen LogP contribution in [0.4, 0.5) is 0 Å². The third-order valence-corrected chi connectivity index (χ3v) is 9.59. The van der Waals surface area contributed by atoms with Gasteiger partial charge in [0.15, 0.2) is 0 Å². The summed E-state index contributed by atoms with van der Waals surface area (Å²) < 4.78 is 0. The minimum atomic E-state index is -0.408. The normalized spacial score (nSPS) is 40.3. The molecule has 5 rings (SSSR count). The van der Waals surface area contributed by atoms with Crippen LogP contribution >= 0.6 is 11.8 Å². The lowest BCUT2D eigenvalue weighted by Gasteiger charge is -2.46. The lowest BCUT2D eigenvalue weighted by Crippen LogP contribution is -2.44. The molecular formula is C25H32N2OS. The Morgan fingerprint density at radius 1 is 1.07 bits per heavy atom. The van der Waals surface area contributed by atoms with Crippen LogP contribution in [0.3, 0.4) is 0 Å². The molecule has 1 aromatic carbocycles. The number of nitrogens with zero attached hydrogens (tertiary/aromatic N) is 1. The van der Waals surface area contributed by atoms with E-state index in [2.05, 4.69) is 61.3 Å². The molecule has 1 N–H and O–H groups in total. The Kier molecular flexibility index (Phi) is 5.14. The molecule has 4 heteroatoms. The van der Waals surface area contributed by atoms with Gasteiger partial charge in [-0.1, -0.05) is 32.4 Å². The summed E-state index contributed by atoms with van der Waals surface area (Å²) in [6, 6.07) is 11.9. The zero-order chi connectivity index (χ0) is 20.1. The number of thioether (sulfide) groups is 1. The molecule has 1 aromatic rings. The van der Waals surface area contributed by atoms with Gasteiger partial charge in [-0.25, -0.2) is 0 Å². The van der Waals surface area contributed by atoms with Crippen molar-refractivity contribution < 1.29 is 4.79 Å². The number of carbonyl (C=O) groups excluding carboxylic acids is 1. The van der Waals surface area contributed by atoms with Gasteiger partial charge in [0, 0.05) is 22.1 Å². The highest BCUT2D eigenvalue weighted by Crippen LogP contribution is 2.61. The average molecular weight is 409 g/mol. The molecule has 4 fully saturated rings. The van der Waals surface area contributed by atoms with E-state index in [1.807, 2.05) is 0 Å². The first-order chi connectivity index (χ1) is 14.1. The van der Waals surface area contributed by atoms with E-state index in [-0.39, 0.29) is 17.9 Å². The zero-order valence-corrected chi connectivity index (χ0v) is 18.3. The van der Waals surface area contributed by atoms with Gasteiger partial charge in [-0.3, -0.25) is 4.79 Å². The maximum Gasteiger partial charge on any atom is 0.237 e. The molecule has 8 atom stereocenters. The molecule has 3 nitrogen and oxygen atoms in total. The largest absolute Gasteiger partial charge is 0.352 e. The standard InChI is InChI=1S/C25H32N2OS/c1-14(2)12-15-6-8-16(9-7-15)29-21-11-10-19-22-17(21)4-3-5-18(22)23-20(13-26)25(28)27-24(19)23/h6-9,14,17-24H,3-5,10-12H2,1-2H3,(H,27,28). The van der Waals surface area contributed by atoms with Crippen LogP contribution in [0.5, 0.6) is 0 Å². The molecule has 1 saturated heterocycles. The van der Waals surface area contributed by atoms with Crippen LogP contribution in [-0.4, -0.2) is 17.2 Å². The molecule has 1 heterocycles. The van der Waals surface area contributed by atoms with E-state index < -0.39 is 5.92 Å². The van der Waals surface area contributed by atoms with E-state index in [0.717, 1.165) is 12.3 Å². The molecule has 3 saturated carbocycles. The minimum Gasteiger partial charge on any atom is -0.352 e. The van der Waals surface area contributed by atoms with Crippen LogP contribution in [0.2, 0.25) is 0 Å². The summed E-state index contributed by atoms with van der Waals surface area (Å²) >= 11 is 2.09. The molecule has 0 radical (unpaired) electrons. The summed E-state index contributed by atoms with van der Waals surface area (Å²) in [5.74, 6) is 3.19. The van der Waals surface area contributed by atoms with E-state index in [1.54, 1.807) is 0 Å². The Morgan fingerprint density at radius 3 is 2.55 bits per heavy atom. The number of fused-ring (bicyclic) bond motifs is 3. The van der Waals surface area contributed by atoms with Crippen molar-refractivity contribution in [3.8, 4) is 6.07 Å². The number of carbonyl (C=O) groups is 1. The van der Waals surface area contributed by atoms with Crippen LogP contribution in [0.25, 0.3) is 0 Å². The number of amides is 1. The molecule has 154 valence electrons. The highest BCUT2D eigenvalue weighted by atomic mass is 32.2. The fourth-order valence-corrected chi connectivity index (χ4v) is 8.66. The predicted molar refractivity (Wildman–Crippen MR) is 116 cm³/mol. The highest BCUT2D eigenvalue weighted by Gasteiger charge is 2.62. The number of hydrogen-bond donors (Lipinski definition) is 1.